The Kier molecular flexibility index (Phi) is 8.19. The molecule has 1 aliphatic rings. The number of nitrogens with one attached hydrogen (secondary N) is 1. The Morgan fingerprint density at radius 1 is 1.06 bits per heavy atom. The van der Waals surface area contributed by atoms with E-state index in [1.54, 1.807) is 31.2 Å². The van der Waals surface area contributed by atoms with E-state index in [1.165, 1.54) is 4.90 Å². The molecule has 0 radical (unpaired) electrons. The van der Waals surface area contributed by atoms with Gasteiger partial charge in [-0.2, -0.15) is 13.2 Å². The lowest BCUT2D eigenvalue weighted by Crippen LogP contribution is -2.41. The largest absolute Gasteiger partial charge is 0.455 e. The van der Waals surface area contributed by atoms with Gasteiger partial charge in [0.15, 0.2) is 6.61 Å². The monoisotopic (exact) mass is 496 g/mol. The van der Waals surface area contributed by atoms with E-state index in [0.717, 1.165) is 29.8 Å². The number of halogens is 4. The van der Waals surface area contributed by atoms with Crippen LogP contribution in [0.1, 0.15) is 47.3 Å². The second-order valence-electron chi connectivity index (χ2n) is 8.09. The molecule has 2 aromatic carbocycles. The highest BCUT2D eigenvalue weighted by Gasteiger charge is 2.32. The first kappa shape index (κ1) is 25.6. The molecular formula is C24H24ClF3N2O4. The van der Waals surface area contributed by atoms with E-state index in [2.05, 4.69) is 5.32 Å². The summed E-state index contributed by atoms with van der Waals surface area (Å²) in [5.41, 5.74) is 0.187. The molecule has 0 aliphatic carbocycles. The molecule has 34 heavy (non-hydrogen) atoms. The van der Waals surface area contributed by atoms with E-state index >= 15 is 0 Å². The number of nitrogens with zero attached hydrogens (tertiary/aromatic N) is 1. The van der Waals surface area contributed by atoms with Gasteiger partial charge < -0.3 is 15.0 Å². The van der Waals surface area contributed by atoms with Gasteiger partial charge in [-0.05, 0) is 61.7 Å². The molecule has 0 bridgehead atoms. The Morgan fingerprint density at radius 2 is 1.65 bits per heavy atom. The predicted molar refractivity (Wildman–Crippen MR) is 119 cm³/mol. The van der Waals surface area contributed by atoms with Crippen molar-refractivity contribution in [1.29, 1.82) is 0 Å². The van der Waals surface area contributed by atoms with Crippen LogP contribution in [-0.2, 0) is 20.5 Å². The summed E-state index contributed by atoms with van der Waals surface area (Å²) in [6.45, 7) is 1.91. The van der Waals surface area contributed by atoms with Gasteiger partial charge in [-0.1, -0.05) is 23.7 Å². The fourth-order valence-electron chi connectivity index (χ4n) is 3.68. The SMILES string of the molecule is CC(NC(=O)COC(=O)C1CCN(C(=O)c2ccc(C(F)(F)F)cc2)CC1)c1ccc(Cl)cc1. The van der Waals surface area contributed by atoms with E-state index in [0.29, 0.717) is 17.9 Å². The van der Waals surface area contributed by atoms with Crippen LogP contribution in [0, 0.1) is 5.92 Å². The Balaban J connectivity index is 1.43. The zero-order valence-electron chi connectivity index (χ0n) is 18.4. The summed E-state index contributed by atoms with van der Waals surface area (Å²) in [6.07, 6.45) is -3.78. The smallest absolute Gasteiger partial charge is 0.416 e. The van der Waals surface area contributed by atoms with E-state index in [4.69, 9.17) is 16.3 Å². The van der Waals surface area contributed by atoms with Crippen LogP contribution in [0.5, 0.6) is 0 Å². The van der Waals surface area contributed by atoms with Crippen molar-refractivity contribution in [2.75, 3.05) is 19.7 Å². The molecule has 1 heterocycles. The average molecular weight is 497 g/mol. The molecule has 3 rings (SSSR count). The Morgan fingerprint density at radius 3 is 2.21 bits per heavy atom. The van der Waals surface area contributed by atoms with Crippen molar-refractivity contribution in [3.63, 3.8) is 0 Å². The van der Waals surface area contributed by atoms with Crippen LogP contribution in [0.3, 0.4) is 0 Å². The summed E-state index contributed by atoms with van der Waals surface area (Å²) in [4.78, 5) is 38.5. The van der Waals surface area contributed by atoms with Crippen LogP contribution in [0.4, 0.5) is 13.2 Å². The predicted octanol–water partition coefficient (Wildman–Crippen LogP) is 4.63. The normalized spacial score (nSPS) is 15.5. The van der Waals surface area contributed by atoms with Crippen LogP contribution in [0.2, 0.25) is 5.02 Å². The molecule has 0 saturated carbocycles. The molecule has 1 aliphatic heterocycles. The quantitative estimate of drug-likeness (QED) is 0.592. The molecule has 2 amide bonds. The number of benzene rings is 2. The molecule has 182 valence electrons. The van der Waals surface area contributed by atoms with Gasteiger partial charge in [0.05, 0.1) is 17.5 Å². The van der Waals surface area contributed by atoms with Gasteiger partial charge in [0, 0.05) is 23.7 Å². The fraction of sp³-hybridized carbons (Fsp3) is 0.375. The molecule has 1 N–H and O–H groups in total. The zero-order chi connectivity index (χ0) is 24.9. The van der Waals surface area contributed by atoms with Gasteiger partial charge in [0.1, 0.15) is 0 Å². The fourth-order valence-corrected chi connectivity index (χ4v) is 3.80. The van der Waals surface area contributed by atoms with E-state index < -0.39 is 42.0 Å². The number of amides is 2. The van der Waals surface area contributed by atoms with Gasteiger partial charge in [-0.3, -0.25) is 14.4 Å². The first-order chi connectivity index (χ1) is 16.0. The van der Waals surface area contributed by atoms with E-state index in [1.807, 2.05) is 0 Å². The van der Waals surface area contributed by atoms with Crippen LogP contribution in [0.15, 0.2) is 48.5 Å². The third-order valence-corrected chi connectivity index (χ3v) is 5.92. The minimum Gasteiger partial charge on any atom is -0.455 e. The standard InChI is InChI=1S/C24H24ClF3N2O4/c1-15(16-4-8-20(25)9-5-16)29-21(31)14-34-23(33)18-10-12-30(13-11-18)22(32)17-2-6-19(7-3-17)24(26,27)28/h2-9,15,18H,10-14H2,1H3,(H,29,31). The number of ether oxygens (including phenoxy) is 1. The highest BCUT2D eigenvalue weighted by atomic mass is 35.5. The van der Waals surface area contributed by atoms with Gasteiger partial charge >= 0.3 is 12.1 Å². The number of hydrogen-bond acceptors (Lipinski definition) is 4. The number of likely N-dealkylation sites (tertiary alicyclic amines) is 1. The maximum atomic E-state index is 12.7. The summed E-state index contributed by atoms with van der Waals surface area (Å²) in [5, 5.41) is 3.33. The minimum absolute atomic E-state index is 0.153. The minimum atomic E-state index is -4.47. The number of piperidine rings is 1. The van der Waals surface area contributed by atoms with Gasteiger partial charge in [-0.25, -0.2) is 0 Å². The van der Waals surface area contributed by atoms with Crippen molar-refractivity contribution in [3.8, 4) is 0 Å². The Labute approximate surface area is 200 Å². The van der Waals surface area contributed by atoms with Crippen molar-refractivity contribution >= 4 is 29.4 Å². The molecule has 6 nitrogen and oxygen atoms in total. The summed E-state index contributed by atoms with van der Waals surface area (Å²) in [7, 11) is 0. The lowest BCUT2D eigenvalue weighted by Gasteiger charge is -2.31. The molecule has 0 aromatic heterocycles. The van der Waals surface area contributed by atoms with Crippen molar-refractivity contribution in [2.45, 2.75) is 32.0 Å². The van der Waals surface area contributed by atoms with Crippen molar-refractivity contribution in [3.05, 3.63) is 70.2 Å². The molecule has 10 heteroatoms. The number of alkyl halides is 3. The van der Waals surface area contributed by atoms with Crippen LogP contribution >= 0.6 is 11.6 Å². The number of rotatable bonds is 6. The van der Waals surface area contributed by atoms with Crippen LogP contribution in [0.25, 0.3) is 0 Å². The second kappa shape index (κ2) is 10.9. The summed E-state index contributed by atoms with van der Waals surface area (Å²) >= 11 is 5.85. The maximum absolute atomic E-state index is 12.7. The third kappa shape index (κ3) is 6.72. The van der Waals surface area contributed by atoms with Crippen molar-refractivity contribution in [2.24, 2.45) is 5.92 Å². The van der Waals surface area contributed by atoms with E-state index in [-0.39, 0.29) is 24.7 Å². The van der Waals surface area contributed by atoms with Crippen LogP contribution < -0.4 is 5.32 Å². The third-order valence-electron chi connectivity index (χ3n) is 5.67. The maximum Gasteiger partial charge on any atom is 0.416 e. The highest BCUT2D eigenvalue weighted by molar-refractivity contribution is 6.30. The molecule has 1 saturated heterocycles. The lowest BCUT2D eigenvalue weighted by atomic mass is 9.96. The number of esters is 1. The van der Waals surface area contributed by atoms with Gasteiger partial charge in [-0.15, -0.1) is 0 Å². The summed E-state index contributed by atoms with van der Waals surface area (Å²) in [6, 6.07) is 10.8. The first-order valence-corrected chi connectivity index (χ1v) is 11.1. The van der Waals surface area contributed by atoms with Crippen molar-refractivity contribution in [1.82, 2.24) is 10.2 Å². The number of carbonyl (C=O) groups excluding carboxylic acids is 3. The van der Waals surface area contributed by atoms with Gasteiger partial charge in [0.25, 0.3) is 11.8 Å². The molecule has 1 atom stereocenters. The molecule has 2 aromatic rings. The van der Waals surface area contributed by atoms with E-state index in [9.17, 15) is 27.6 Å². The summed E-state index contributed by atoms with van der Waals surface area (Å²) in [5.74, 6) is -1.81. The van der Waals surface area contributed by atoms with Crippen molar-refractivity contribution < 1.29 is 32.3 Å². The zero-order valence-corrected chi connectivity index (χ0v) is 19.2. The summed E-state index contributed by atoms with van der Waals surface area (Å²) < 4.78 is 43.2. The number of carbonyl (C=O) groups is 3. The Bertz CT molecular complexity index is 1020. The average Bonchev–Trinajstić information content (AvgIpc) is 2.82. The molecule has 1 unspecified atom stereocenters. The van der Waals surface area contributed by atoms with Gasteiger partial charge in [0.2, 0.25) is 0 Å². The molecular weight excluding hydrogens is 473 g/mol. The lowest BCUT2D eigenvalue weighted by molar-refractivity contribution is -0.154. The second-order valence-corrected chi connectivity index (χ2v) is 8.53. The molecule has 1 fully saturated rings. The topological polar surface area (TPSA) is 75.7 Å². The Hall–Kier alpha value is -3.07. The highest BCUT2D eigenvalue weighted by Crippen LogP contribution is 2.29. The molecule has 0 spiro atoms. The first-order valence-electron chi connectivity index (χ1n) is 10.7. The van der Waals surface area contributed by atoms with Crippen LogP contribution in [-0.4, -0.2) is 42.4 Å². The number of hydrogen-bond donors (Lipinski definition) is 1.